The highest BCUT2D eigenvalue weighted by atomic mass is 16.4. The predicted molar refractivity (Wildman–Crippen MR) is 74.3 cm³/mol. The summed E-state index contributed by atoms with van der Waals surface area (Å²) in [6, 6.07) is 15.7. The zero-order valence-electron chi connectivity index (χ0n) is 10.5. The third-order valence-electron chi connectivity index (χ3n) is 2.91. The lowest BCUT2D eigenvalue weighted by atomic mass is 10.0. The van der Waals surface area contributed by atoms with Gasteiger partial charge in [-0.25, -0.2) is 0 Å². The van der Waals surface area contributed by atoms with Gasteiger partial charge in [0.25, 0.3) is 0 Å². The van der Waals surface area contributed by atoms with Crippen LogP contribution in [-0.2, 0) is 0 Å². The molecule has 3 rings (SSSR count). The molecule has 0 aliphatic rings. The summed E-state index contributed by atoms with van der Waals surface area (Å²) in [4.78, 5) is 0. The van der Waals surface area contributed by atoms with Gasteiger partial charge >= 0.3 is 0 Å². The molecular weight excluding hydrogens is 238 g/mol. The summed E-state index contributed by atoms with van der Waals surface area (Å²) in [5, 5.41) is 7.87. The van der Waals surface area contributed by atoms with Gasteiger partial charge in [-0.2, -0.15) is 0 Å². The number of nitrogen functional groups attached to an aromatic ring is 1. The first-order chi connectivity index (χ1) is 9.24. The Morgan fingerprint density at radius 2 is 1.74 bits per heavy atom. The molecule has 0 saturated carbocycles. The van der Waals surface area contributed by atoms with Crippen LogP contribution < -0.4 is 5.73 Å². The van der Waals surface area contributed by atoms with Gasteiger partial charge in [0.2, 0.25) is 11.8 Å². The minimum absolute atomic E-state index is 0.522. The zero-order chi connectivity index (χ0) is 13.2. The van der Waals surface area contributed by atoms with E-state index in [1.807, 2.05) is 48.5 Å². The van der Waals surface area contributed by atoms with Crippen LogP contribution in [0.1, 0.15) is 5.89 Å². The van der Waals surface area contributed by atoms with Gasteiger partial charge in [-0.3, -0.25) is 0 Å². The second kappa shape index (κ2) is 4.57. The molecule has 0 fully saturated rings. The van der Waals surface area contributed by atoms with E-state index in [1.54, 1.807) is 6.92 Å². The van der Waals surface area contributed by atoms with Gasteiger partial charge in [0.05, 0.1) is 0 Å². The fourth-order valence-corrected chi connectivity index (χ4v) is 1.99. The first-order valence-corrected chi connectivity index (χ1v) is 5.99. The maximum Gasteiger partial charge on any atom is 0.247 e. The van der Waals surface area contributed by atoms with Gasteiger partial charge in [-0.1, -0.05) is 30.3 Å². The van der Waals surface area contributed by atoms with E-state index in [2.05, 4.69) is 10.2 Å². The maximum absolute atomic E-state index is 5.99. The number of benzene rings is 2. The van der Waals surface area contributed by atoms with Crippen LogP contribution in [0.25, 0.3) is 22.6 Å². The SMILES string of the molecule is Cc1nnc(-c2cccc(-c3ccccc3N)c2)o1. The van der Waals surface area contributed by atoms with E-state index < -0.39 is 0 Å². The summed E-state index contributed by atoms with van der Waals surface area (Å²) in [6.07, 6.45) is 0. The summed E-state index contributed by atoms with van der Waals surface area (Å²) in [6.45, 7) is 1.77. The number of anilines is 1. The third kappa shape index (κ3) is 2.20. The van der Waals surface area contributed by atoms with Crippen molar-refractivity contribution in [3.8, 4) is 22.6 Å². The van der Waals surface area contributed by atoms with Gasteiger partial charge in [0, 0.05) is 23.7 Å². The number of hydrogen-bond donors (Lipinski definition) is 1. The molecule has 19 heavy (non-hydrogen) atoms. The monoisotopic (exact) mass is 251 g/mol. The molecule has 0 aliphatic carbocycles. The zero-order valence-corrected chi connectivity index (χ0v) is 10.5. The number of aromatic nitrogens is 2. The Labute approximate surface area is 110 Å². The average Bonchev–Trinajstić information content (AvgIpc) is 2.86. The summed E-state index contributed by atoms with van der Waals surface area (Å²) in [5.74, 6) is 1.08. The molecule has 0 radical (unpaired) electrons. The van der Waals surface area contributed by atoms with Crippen LogP contribution in [0.2, 0.25) is 0 Å². The Morgan fingerprint density at radius 3 is 2.47 bits per heavy atom. The number of para-hydroxylation sites is 1. The summed E-state index contributed by atoms with van der Waals surface area (Å²) in [5.41, 5.74) is 9.67. The molecular formula is C15H13N3O. The Balaban J connectivity index is 2.08. The highest BCUT2D eigenvalue weighted by molar-refractivity contribution is 5.78. The quantitative estimate of drug-likeness (QED) is 0.710. The van der Waals surface area contributed by atoms with Crippen LogP contribution in [0, 0.1) is 6.92 Å². The van der Waals surface area contributed by atoms with Crippen molar-refractivity contribution in [1.82, 2.24) is 10.2 Å². The molecule has 0 spiro atoms. The Morgan fingerprint density at radius 1 is 0.947 bits per heavy atom. The number of rotatable bonds is 2. The minimum Gasteiger partial charge on any atom is -0.421 e. The average molecular weight is 251 g/mol. The van der Waals surface area contributed by atoms with Gasteiger partial charge in [-0.05, 0) is 23.8 Å². The highest BCUT2D eigenvalue weighted by Gasteiger charge is 2.08. The number of nitrogens with zero attached hydrogens (tertiary/aromatic N) is 2. The van der Waals surface area contributed by atoms with Crippen molar-refractivity contribution in [2.24, 2.45) is 0 Å². The molecule has 0 saturated heterocycles. The van der Waals surface area contributed by atoms with E-state index in [0.29, 0.717) is 11.8 Å². The van der Waals surface area contributed by atoms with Crippen molar-refractivity contribution < 1.29 is 4.42 Å². The number of aryl methyl sites for hydroxylation is 1. The molecule has 1 aromatic heterocycles. The number of hydrogen-bond acceptors (Lipinski definition) is 4. The topological polar surface area (TPSA) is 64.9 Å². The first-order valence-electron chi connectivity index (χ1n) is 5.99. The second-order valence-electron chi connectivity index (χ2n) is 4.29. The predicted octanol–water partition coefficient (Wildman–Crippen LogP) is 3.29. The minimum atomic E-state index is 0.522. The normalized spacial score (nSPS) is 10.6. The molecule has 0 aliphatic heterocycles. The molecule has 0 bridgehead atoms. The van der Waals surface area contributed by atoms with Crippen LogP contribution in [-0.4, -0.2) is 10.2 Å². The fourth-order valence-electron chi connectivity index (χ4n) is 1.99. The van der Waals surface area contributed by atoms with Gasteiger partial charge in [0.15, 0.2) is 0 Å². The molecule has 4 heteroatoms. The van der Waals surface area contributed by atoms with E-state index in [4.69, 9.17) is 10.2 Å². The van der Waals surface area contributed by atoms with Crippen LogP contribution in [0.3, 0.4) is 0 Å². The Bertz CT molecular complexity index is 719. The molecule has 4 nitrogen and oxygen atoms in total. The summed E-state index contributed by atoms with van der Waals surface area (Å²) in [7, 11) is 0. The Kier molecular flexibility index (Phi) is 2.76. The molecule has 2 N–H and O–H groups in total. The molecule has 0 amide bonds. The second-order valence-corrected chi connectivity index (χ2v) is 4.29. The van der Waals surface area contributed by atoms with Crippen molar-refractivity contribution in [3.05, 3.63) is 54.4 Å². The molecule has 3 aromatic rings. The van der Waals surface area contributed by atoms with E-state index in [-0.39, 0.29) is 0 Å². The van der Waals surface area contributed by atoms with Gasteiger partial charge in [-0.15, -0.1) is 10.2 Å². The Hall–Kier alpha value is -2.62. The molecule has 0 unspecified atom stereocenters. The van der Waals surface area contributed by atoms with E-state index >= 15 is 0 Å². The third-order valence-corrected chi connectivity index (χ3v) is 2.91. The van der Waals surface area contributed by atoms with Crippen LogP contribution in [0.5, 0.6) is 0 Å². The van der Waals surface area contributed by atoms with Gasteiger partial charge < -0.3 is 10.2 Å². The molecule has 94 valence electrons. The fraction of sp³-hybridized carbons (Fsp3) is 0.0667. The molecule has 0 atom stereocenters. The lowest BCUT2D eigenvalue weighted by Gasteiger charge is -2.06. The van der Waals surface area contributed by atoms with Crippen LogP contribution >= 0.6 is 0 Å². The highest BCUT2D eigenvalue weighted by Crippen LogP contribution is 2.29. The lowest BCUT2D eigenvalue weighted by molar-refractivity contribution is 0.533. The number of nitrogens with two attached hydrogens (primary N) is 1. The first kappa shape index (κ1) is 11.5. The van der Waals surface area contributed by atoms with E-state index in [1.165, 1.54) is 0 Å². The van der Waals surface area contributed by atoms with Crippen molar-refractivity contribution in [3.63, 3.8) is 0 Å². The van der Waals surface area contributed by atoms with Crippen LogP contribution in [0.4, 0.5) is 5.69 Å². The van der Waals surface area contributed by atoms with Crippen LogP contribution in [0.15, 0.2) is 52.9 Å². The molecule has 1 heterocycles. The molecule has 2 aromatic carbocycles. The van der Waals surface area contributed by atoms with Crippen molar-refractivity contribution in [2.75, 3.05) is 5.73 Å². The smallest absolute Gasteiger partial charge is 0.247 e. The van der Waals surface area contributed by atoms with Gasteiger partial charge in [0.1, 0.15) is 0 Å². The lowest BCUT2D eigenvalue weighted by Crippen LogP contribution is -1.89. The maximum atomic E-state index is 5.99. The summed E-state index contributed by atoms with van der Waals surface area (Å²) < 4.78 is 5.44. The summed E-state index contributed by atoms with van der Waals surface area (Å²) >= 11 is 0. The van der Waals surface area contributed by atoms with Crippen molar-refractivity contribution in [2.45, 2.75) is 6.92 Å². The van der Waals surface area contributed by atoms with Crippen molar-refractivity contribution in [1.29, 1.82) is 0 Å². The van der Waals surface area contributed by atoms with Crippen molar-refractivity contribution >= 4 is 5.69 Å². The van der Waals surface area contributed by atoms with E-state index in [9.17, 15) is 0 Å². The standard InChI is InChI=1S/C15H13N3O/c1-10-17-18-15(19-10)12-6-4-5-11(9-12)13-7-2-3-8-14(13)16/h2-9H,16H2,1H3. The largest absolute Gasteiger partial charge is 0.421 e. The van der Waals surface area contributed by atoms with E-state index in [0.717, 1.165) is 22.4 Å².